The lowest BCUT2D eigenvalue weighted by Gasteiger charge is -2.23. The molecular formula is C23H26N2O3S. The Bertz CT molecular complexity index is 1020. The number of rotatable bonds is 6. The molecule has 0 spiro atoms. The van der Waals surface area contributed by atoms with Crippen molar-refractivity contribution in [2.45, 2.75) is 39.2 Å². The molecule has 2 heterocycles. The number of amides is 1. The maximum absolute atomic E-state index is 13.4. The van der Waals surface area contributed by atoms with Crippen molar-refractivity contribution in [1.82, 2.24) is 4.98 Å². The van der Waals surface area contributed by atoms with Gasteiger partial charge in [0.1, 0.15) is 5.75 Å². The van der Waals surface area contributed by atoms with Gasteiger partial charge in [0, 0.05) is 12.7 Å². The van der Waals surface area contributed by atoms with Gasteiger partial charge < -0.3 is 9.47 Å². The predicted octanol–water partition coefficient (Wildman–Crippen LogP) is 4.68. The number of anilines is 1. The second-order valence-electron chi connectivity index (χ2n) is 7.58. The van der Waals surface area contributed by atoms with E-state index >= 15 is 0 Å². The van der Waals surface area contributed by atoms with Gasteiger partial charge in [-0.2, -0.15) is 0 Å². The number of fused-ring (bicyclic) bond motifs is 1. The van der Waals surface area contributed by atoms with Crippen molar-refractivity contribution in [2.75, 3.05) is 25.2 Å². The molecule has 1 aliphatic heterocycles. The molecule has 1 aromatic heterocycles. The molecule has 1 atom stereocenters. The number of thiazole rings is 1. The number of ether oxygens (including phenoxy) is 2. The molecule has 0 radical (unpaired) electrons. The molecule has 0 N–H and O–H groups in total. The Morgan fingerprint density at radius 2 is 2.14 bits per heavy atom. The van der Waals surface area contributed by atoms with E-state index in [4.69, 9.17) is 14.5 Å². The molecule has 1 aliphatic rings. The molecule has 0 aliphatic carbocycles. The summed E-state index contributed by atoms with van der Waals surface area (Å²) in [7, 11) is 1.64. The van der Waals surface area contributed by atoms with Crippen molar-refractivity contribution in [1.29, 1.82) is 0 Å². The van der Waals surface area contributed by atoms with Crippen LogP contribution in [0.1, 0.15) is 29.5 Å². The SMILES string of the molecule is COc1ccc2sc(N(CC3CCCO3)C(=O)Cc3ccc(C)cc3C)nc2c1. The van der Waals surface area contributed by atoms with Crippen LogP contribution in [0.2, 0.25) is 0 Å². The Morgan fingerprint density at radius 3 is 2.86 bits per heavy atom. The lowest BCUT2D eigenvalue weighted by molar-refractivity contribution is -0.118. The smallest absolute Gasteiger partial charge is 0.233 e. The molecule has 5 nitrogen and oxygen atoms in total. The minimum absolute atomic E-state index is 0.0541. The number of methoxy groups -OCH3 is 1. The van der Waals surface area contributed by atoms with Crippen LogP contribution in [-0.2, 0) is 16.0 Å². The number of nitrogens with zero attached hydrogens (tertiary/aromatic N) is 2. The largest absolute Gasteiger partial charge is 0.497 e. The average Bonchev–Trinajstić information content (AvgIpc) is 3.36. The highest BCUT2D eigenvalue weighted by molar-refractivity contribution is 7.22. The topological polar surface area (TPSA) is 51.7 Å². The summed E-state index contributed by atoms with van der Waals surface area (Å²) in [5, 5.41) is 0.721. The fourth-order valence-corrected chi connectivity index (χ4v) is 4.69. The molecule has 29 heavy (non-hydrogen) atoms. The van der Waals surface area contributed by atoms with Crippen molar-refractivity contribution in [3.8, 4) is 5.75 Å². The van der Waals surface area contributed by atoms with E-state index in [1.54, 1.807) is 7.11 Å². The van der Waals surface area contributed by atoms with Crippen LogP contribution < -0.4 is 9.64 Å². The van der Waals surface area contributed by atoms with Crippen LogP contribution in [0.15, 0.2) is 36.4 Å². The number of carbonyl (C=O) groups excluding carboxylic acids is 1. The highest BCUT2D eigenvalue weighted by Gasteiger charge is 2.26. The molecule has 0 saturated carbocycles. The molecule has 0 bridgehead atoms. The van der Waals surface area contributed by atoms with E-state index in [2.05, 4.69) is 32.0 Å². The third-order valence-electron chi connectivity index (χ3n) is 5.37. The van der Waals surface area contributed by atoms with E-state index in [-0.39, 0.29) is 12.0 Å². The second-order valence-corrected chi connectivity index (χ2v) is 8.59. The molecule has 152 valence electrons. The lowest BCUT2D eigenvalue weighted by atomic mass is 10.0. The van der Waals surface area contributed by atoms with Gasteiger partial charge in [0.15, 0.2) is 5.13 Å². The standard InChI is InChI=1S/C23H26N2O3S/c1-15-6-7-17(16(2)11-15)12-22(26)25(14-19-5-4-10-28-19)23-24-20-13-18(27-3)8-9-21(20)29-23/h6-9,11,13,19H,4-5,10,12,14H2,1-3H3. The summed E-state index contributed by atoms with van der Waals surface area (Å²) < 4.78 is 12.2. The van der Waals surface area contributed by atoms with Crippen LogP contribution in [0, 0.1) is 13.8 Å². The van der Waals surface area contributed by atoms with Crippen molar-refractivity contribution in [3.05, 3.63) is 53.1 Å². The van der Waals surface area contributed by atoms with E-state index in [0.717, 1.165) is 51.7 Å². The molecule has 6 heteroatoms. The number of aryl methyl sites for hydroxylation is 2. The molecule has 2 aromatic carbocycles. The fraction of sp³-hybridized carbons (Fsp3) is 0.391. The van der Waals surface area contributed by atoms with Gasteiger partial charge in [0.2, 0.25) is 5.91 Å². The molecule has 1 fully saturated rings. The third-order valence-corrected chi connectivity index (χ3v) is 6.42. The zero-order valence-corrected chi connectivity index (χ0v) is 17.9. The quantitative estimate of drug-likeness (QED) is 0.592. The third kappa shape index (κ3) is 4.43. The van der Waals surface area contributed by atoms with E-state index in [1.165, 1.54) is 16.9 Å². The lowest BCUT2D eigenvalue weighted by Crippen LogP contribution is -2.38. The summed E-state index contributed by atoms with van der Waals surface area (Å²) in [6.07, 6.45) is 2.45. The van der Waals surface area contributed by atoms with Gasteiger partial charge in [-0.25, -0.2) is 4.98 Å². The van der Waals surface area contributed by atoms with Crippen molar-refractivity contribution >= 4 is 32.6 Å². The van der Waals surface area contributed by atoms with Crippen LogP contribution >= 0.6 is 11.3 Å². The van der Waals surface area contributed by atoms with Gasteiger partial charge in [0.05, 0.1) is 36.4 Å². The molecule has 3 aromatic rings. The Hall–Kier alpha value is -2.44. The minimum atomic E-state index is 0.0541. The first-order valence-corrected chi connectivity index (χ1v) is 10.8. The van der Waals surface area contributed by atoms with E-state index < -0.39 is 0 Å². The van der Waals surface area contributed by atoms with Crippen LogP contribution in [0.25, 0.3) is 10.2 Å². The number of aromatic nitrogens is 1. The van der Waals surface area contributed by atoms with Gasteiger partial charge in [-0.05, 0) is 49.9 Å². The van der Waals surface area contributed by atoms with Gasteiger partial charge in [0.25, 0.3) is 0 Å². The Morgan fingerprint density at radius 1 is 1.28 bits per heavy atom. The Balaban J connectivity index is 1.64. The normalized spacial score (nSPS) is 16.3. The zero-order chi connectivity index (χ0) is 20.4. The number of hydrogen-bond acceptors (Lipinski definition) is 5. The fourth-order valence-electron chi connectivity index (χ4n) is 3.72. The molecule has 4 rings (SSSR count). The summed E-state index contributed by atoms with van der Waals surface area (Å²) in [6.45, 7) is 5.43. The van der Waals surface area contributed by atoms with Crippen LogP contribution in [-0.4, -0.2) is 37.3 Å². The molecular weight excluding hydrogens is 384 g/mol. The summed E-state index contributed by atoms with van der Waals surface area (Å²) in [6, 6.07) is 12.1. The first-order valence-electron chi connectivity index (χ1n) is 9.96. The summed E-state index contributed by atoms with van der Waals surface area (Å²) in [5.41, 5.74) is 4.25. The predicted molar refractivity (Wildman–Crippen MR) is 117 cm³/mol. The van der Waals surface area contributed by atoms with Gasteiger partial charge >= 0.3 is 0 Å². The van der Waals surface area contributed by atoms with Crippen LogP contribution in [0.5, 0.6) is 5.75 Å². The van der Waals surface area contributed by atoms with Crippen molar-refractivity contribution in [2.24, 2.45) is 0 Å². The van der Waals surface area contributed by atoms with Gasteiger partial charge in [-0.1, -0.05) is 35.1 Å². The van der Waals surface area contributed by atoms with E-state index in [0.29, 0.717) is 13.0 Å². The Labute approximate surface area is 175 Å². The maximum atomic E-state index is 13.4. The number of benzene rings is 2. The maximum Gasteiger partial charge on any atom is 0.233 e. The van der Waals surface area contributed by atoms with Crippen molar-refractivity contribution in [3.63, 3.8) is 0 Å². The number of carbonyl (C=O) groups is 1. The van der Waals surface area contributed by atoms with Crippen LogP contribution in [0.3, 0.4) is 0 Å². The average molecular weight is 411 g/mol. The highest BCUT2D eigenvalue weighted by Crippen LogP contribution is 2.32. The minimum Gasteiger partial charge on any atom is -0.497 e. The summed E-state index contributed by atoms with van der Waals surface area (Å²) >= 11 is 1.54. The van der Waals surface area contributed by atoms with E-state index in [1.807, 2.05) is 23.1 Å². The molecule has 1 unspecified atom stereocenters. The molecule has 1 saturated heterocycles. The second kappa shape index (κ2) is 8.51. The monoisotopic (exact) mass is 410 g/mol. The van der Waals surface area contributed by atoms with E-state index in [9.17, 15) is 4.79 Å². The zero-order valence-electron chi connectivity index (χ0n) is 17.1. The van der Waals surface area contributed by atoms with Gasteiger partial charge in [-0.3, -0.25) is 9.69 Å². The summed E-state index contributed by atoms with van der Waals surface area (Å²) in [5.74, 6) is 0.820. The Kier molecular flexibility index (Phi) is 5.83. The number of hydrogen-bond donors (Lipinski definition) is 0. The molecule has 1 amide bonds. The summed E-state index contributed by atoms with van der Waals surface area (Å²) in [4.78, 5) is 19.9. The first-order chi connectivity index (χ1) is 14.0. The van der Waals surface area contributed by atoms with Crippen molar-refractivity contribution < 1.29 is 14.3 Å². The van der Waals surface area contributed by atoms with Crippen LogP contribution in [0.4, 0.5) is 5.13 Å². The highest BCUT2D eigenvalue weighted by atomic mass is 32.1. The van der Waals surface area contributed by atoms with Gasteiger partial charge in [-0.15, -0.1) is 0 Å². The first kappa shape index (κ1) is 19.9.